The molecule has 0 atom stereocenters. The van der Waals surface area contributed by atoms with Gasteiger partial charge in [0.15, 0.2) is 0 Å². The number of halogens is 2. The van der Waals surface area contributed by atoms with Crippen LogP contribution < -0.4 is 10.2 Å². The number of nitrogens with zero attached hydrogens (tertiary/aromatic N) is 2. The third-order valence-corrected chi connectivity index (χ3v) is 4.01. The van der Waals surface area contributed by atoms with Crippen molar-refractivity contribution in [2.24, 2.45) is 0 Å². The average Bonchev–Trinajstić information content (AvgIpc) is 3.00. The van der Waals surface area contributed by atoms with Crippen LogP contribution >= 0.6 is 23.2 Å². The lowest BCUT2D eigenvalue weighted by Gasteiger charge is -2.17. The number of aromatic nitrogens is 1. The maximum Gasteiger partial charge on any atom is 0.274 e. The van der Waals surface area contributed by atoms with Crippen molar-refractivity contribution in [1.82, 2.24) is 4.98 Å². The average molecular weight is 336 g/mol. The highest BCUT2D eigenvalue weighted by Crippen LogP contribution is 2.23. The Hall–Kier alpha value is -1.78. The number of rotatable bonds is 3. The molecule has 1 aromatic heterocycles. The fourth-order valence-electron chi connectivity index (χ4n) is 2.50. The zero-order chi connectivity index (χ0) is 15.5. The van der Waals surface area contributed by atoms with Crippen LogP contribution in [0.2, 0.25) is 10.0 Å². The molecule has 1 fully saturated rings. The quantitative estimate of drug-likeness (QED) is 0.912. The first-order valence-corrected chi connectivity index (χ1v) is 7.86. The fourth-order valence-corrected chi connectivity index (χ4v) is 3.03. The number of hydrogen-bond acceptors (Lipinski definition) is 3. The number of anilines is 2. The summed E-state index contributed by atoms with van der Waals surface area (Å²) in [5.74, 6) is -0.286. The minimum Gasteiger partial charge on any atom is -0.370 e. The van der Waals surface area contributed by atoms with Gasteiger partial charge < -0.3 is 10.2 Å². The van der Waals surface area contributed by atoms with Crippen LogP contribution in [0.15, 0.2) is 36.5 Å². The number of nitrogens with one attached hydrogen (secondary N) is 1. The summed E-state index contributed by atoms with van der Waals surface area (Å²) >= 11 is 11.8. The van der Waals surface area contributed by atoms with Gasteiger partial charge in [-0.3, -0.25) is 4.79 Å². The topological polar surface area (TPSA) is 45.2 Å². The SMILES string of the molecule is O=C(Nc1cc(Cl)cc(Cl)c1)c1ccc(N2CCCC2)cn1. The summed E-state index contributed by atoms with van der Waals surface area (Å²) in [4.78, 5) is 18.7. The van der Waals surface area contributed by atoms with Gasteiger partial charge in [0.1, 0.15) is 5.69 Å². The van der Waals surface area contributed by atoms with E-state index in [4.69, 9.17) is 23.2 Å². The zero-order valence-electron chi connectivity index (χ0n) is 11.9. The van der Waals surface area contributed by atoms with E-state index in [1.165, 1.54) is 12.8 Å². The lowest BCUT2D eigenvalue weighted by Crippen LogP contribution is -2.19. The zero-order valence-corrected chi connectivity index (χ0v) is 13.4. The molecule has 0 aliphatic carbocycles. The van der Waals surface area contributed by atoms with Crippen LogP contribution in [0.5, 0.6) is 0 Å². The Morgan fingerprint density at radius 1 is 1.09 bits per heavy atom. The molecule has 2 heterocycles. The van der Waals surface area contributed by atoms with E-state index in [0.717, 1.165) is 18.8 Å². The molecule has 2 aromatic rings. The van der Waals surface area contributed by atoms with E-state index in [1.807, 2.05) is 6.07 Å². The predicted molar refractivity (Wildman–Crippen MR) is 90.1 cm³/mol. The number of carbonyl (C=O) groups excluding carboxylic acids is 1. The second-order valence-corrected chi connectivity index (χ2v) is 6.08. The molecule has 1 amide bonds. The van der Waals surface area contributed by atoms with Crippen molar-refractivity contribution in [3.8, 4) is 0 Å². The molecule has 1 aliphatic rings. The minimum absolute atomic E-state index is 0.286. The molecule has 114 valence electrons. The van der Waals surface area contributed by atoms with Crippen molar-refractivity contribution in [1.29, 1.82) is 0 Å². The summed E-state index contributed by atoms with van der Waals surface area (Å²) in [5, 5.41) is 3.69. The Morgan fingerprint density at radius 2 is 1.77 bits per heavy atom. The molecule has 1 aliphatic heterocycles. The molecule has 22 heavy (non-hydrogen) atoms. The lowest BCUT2D eigenvalue weighted by molar-refractivity contribution is 0.102. The van der Waals surface area contributed by atoms with Gasteiger partial charge in [-0.05, 0) is 43.2 Å². The van der Waals surface area contributed by atoms with Gasteiger partial charge in [-0.15, -0.1) is 0 Å². The predicted octanol–water partition coefficient (Wildman–Crippen LogP) is 4.24. The highest BCUT2D eigenvalue weighted by atomic mass is 35.5. The Labute approximate surface area is 139 Å². The van der Waals surface area contributed by atoms with Crippen molar-refractivity contribution in [3.05, 3.63) is 52.3 Å². The molecular weight excluding hydrogens is 321 g/mol. The standard InChI is InChI=1S/C16H15Cl2N3O/c17-11-7-12(18)9-13(8-11)20-16(22)15-4-3-14(10-19-15)21-5-1-2-6-21/h3-4,7-10H,1-2,5-6H2,(H,20,22). The monoisotopic (exact) mass is 335 g/mol. The van der Waals surface area contributed by atoms with Crippen LogP contribution in [0.3, 0.4) is 0 Å². The molecule has 0 saturated carbocycles. The van der Waals surface area contributed by atoms with Gasteiger partial charge in [-0.25, -0.2) is 4.98 Å². The van der Waals surface area contributed by atoms with E-state index >= 15 is 0 Å². The van der Waals surface area contributed by atoms with Crippen LogP contribution in [-0.4, -0.2) is 24.0 Å². The van der Waals surface area contributed by atoms with Gasteiger partial charge in [0.2, 0.25) is 0 Å². The molecule has 0 unspecified atom stereocenters. The van der Waals surface area contributed by atoms with E-state index in [1.54, 1.807) is 30.5 Å². The molecule has 0 radical (unpaired) electrons. The van der Waals surface area contributed by atoms with Crippen LogP contribution in [0.4, 0.5) is 11.4 Å². The smallest absolute Gasteiger partial charge is 0.274 e. The number of amides is 1. The van der Waals surface area contributed by atoms with E-state index in [9.17, 15) is 4.79 Å². The summed E-state index contributed by atoms with van der Waals surface area (Å²) in [6.45, 7) is 2.10. The number of pyridine rings is 1. The van der Waals surface area contributed by atoms with Crippen molar-refractivity contribution >= 4 is 40.5 Å². The van der Waals surface area contributed by atoms with Gasteiger partial charge in [-0.1, -0.05) is 23.2 Å². The van der Waals surface area contributed by atoms with Crippen molar-refractivity contribution < 1.29 is 4.79 Å². The molecule has 6 heteroatoms. The maximum absolute atomic E-state index is 12.2. The summed E-state index contributed by atoms with van der Waals surface area (Å²) in [7, 11) is 0. The molecule has 1 N–H and O–H groups in total. The number of benzene rings is 1. The van der Waals surface area contributed by atoms with Crippen LogP contribution in [-0.2, 0) is 0 Å². The second kappa shape index (κ2) is 6.55. The molecule has 3 rings (SSSR count). The normalized spacial score (nSPS) is 14.2. The summed E-state index contributed by atoms with van der Waals surface area (Å²) in [5.41, 5.74) is 1.96. The van der Waals surface area contributed by atoms with Gasteiger partial charge in [0, 0.05) is 28.8 Å². The fraction of sp³-hybridized carbons (Fsp3) is 0.250. The largest absolute Gasteiger partial charge is 0.370 e. The Balaban J connectivity index is 1.71. The van der Waals surface area contributed by atoms with Crippen molar-refractivity contribution in [2.45, 2.75) is 12.8 Å². The Morgan fingerprint density at radius 3 is 2.36 bits per heavy atom. The third kappa shape index (κ3) is 3.51. The highest BCUT2D eigenvalue weighted by Gasteiger charge is 2.14. The summed E-state index contributed by atoms with van der Waals surface area (Å²) < 4.78 is 0. The maximum atomic E-state index is 12.2. The molecule has 0 bridgehead atoms. The highest BCUT2D eigenvalue weighted by molar-refractivity contribution is 6.35. The van der Waals surface area contributed by atoms with Crippen LogP contribution in [0.25, 0.3) is 0 Å². The summed E-state index contributed by atoms with van der Waals surface area (Å²) in [6, 6.07) is 8.56. The molecule has 0 spiro atoms. The Kier molecular flexibility index (Phi) is 4.50. The van der Waals surface area contributed by atoms with Gasteiger partial charge in [-0.2, -0.15) is 0 Å². The second-order valence-electron chi connectivity index (χ2n) is 5.21. The van der Waals surface area contributed by atoms with Crippen molar-refractivity contribution in [2.75, 3.05) is 23.3 Å². The van der Waals surface area contributed by atoms with E-state index in [2.05, 4.69) is 15.2 Å². The van der Waals surface area contributed by atoms with Crippen LogP contribution in [0.1, 0.15) is 23.3 Å². The molecule has 1 aromatic carbocycles. The van der Waals surface area contributed by atoms with Gasteiger partial charge in [0.25, 0.3) is 5.91 Å². The number of hydrogen-bond donors (Lipinski definition) is 1. The first-order chi connectivity index (χ1) is 10.6. The van der Waals surface area contributed by atoms with E-state index in [-0.39, 0.29) is 5.91 Å². The minimum atomic E-state index is -0.286. The van der Waals surface area contributed by atoms with Gasteiger partial charge >= 0.3 is 0 Å². The Bertz CT molecular complexity index is 662. The first kappa shape index (κ1) is 15.1. The molecule has 4 nitrogen and oxygen atoms in total. The first-order valence-electron chi connectivity index (χ1n) is 7.10. The number of carbonyl (C=O) groups is 1. The van der Waals surface area contributed by atoms with Crippen LogP contribution in [0, 0.1) is 0 Å². The van der Waals surface area contributed by atoms with Crippen molar-refractivity contribution in [3.63, 3.8) is 0 Å². The summed E-state index contributed by atoms with van der Waals surface area (Å²) in [6.07, 6.45) is 4.15. The van der Waals surface area contributed by atoms with E-state index < -0.39 is 0 Å². The van der Waals surface area contributed by atoms with E-state index in [0.29, 0.717) is 21.4 Å². The molecule has 1 saturated heterocycles. The molecular formula is C16H15Cl2N3O. The van der Waals surface area contributed by atoms with Gasteiger partial charge in [0.05, 0.1) is 11.9 Å². The lowest BCUT2D eigenvalue weighted by atomic mass is 10.2. The third-order valence-electron chi connectivity index (χ3n) is 3.57.